The number of carbonyl (C=O) groups excluding carboxylic acids is 1. The molecule has 1 fully saturated rings. The number of nitrogens with one attached hydrogen (secondary N) is 2. The summed E-state index contributed by atoms with van der Waals surface area (Å²) in [6.07, 6.45) is 7.44. The fraction of sp³-hybridized carbons (Fsp3) is 0.440. The van der Waals surface area contributed by atoms with Crippen molar-refractivity contribution in [2.75, 3.05) is 12.4 Å². The van der Waals surface area contributed by atoms with E-state index >= 15 is 0 Å². The Morgan fingerprint density at radius 1 is 1.10 bits per heavy atom. The summed E-state index contributed by atoms with van der Waals surface area (Å²) in [5.41, 5.74) is 4.33. The van der Waals surface area contributed by atoms with Gasteiger partial charge in [0.15, 0.2) is 0 Å². The molecule has 0 amide bonds. The lowest BCUT2D eigenvalue weighted by Gasteiger charge is -2.15. The van der Waals surface area contributed by atoms with Crippen LogP contribution in [0.3, 0.4) is 0 Å². The third-order valence-corrected chi connectivity index (χ3v) is 5.64. The molecule has 0 aliphatic heterocycles. The van der Waals surface area contributed by atoms with Crippen LogP contribution < -0.4 is 5.32 Å². The zero-order valence-electron chi connectivity index (χ0n) is 18.5. The first kappa shape index (κ1) is 21.9. The molecular formula is C25H33N3O2. The number of benzene rings is 2. The van der Waals surface area contributed by atoms with Crippen molar-refractivity contribution in [1.82, 2.24) is 9.97 Å². The Morgan fingerprint density at radius 2 is 1.80 bits per heavy atom. The quantitative estimate of drug-likeness (QED) is 0.467. The molecule has 3 aromatic rings. The van der Waals surface area contributed by atoms with E-state index in [0.717, 1.165) is 22.6 Å². The van der Waals surface area contributed by atoms with Crippen LogP contribution in [0.15, 0.2) is 42.5 Å². The van der Waals surface area contributed by atoms with Crippen LogP contribution in [0.25, 0.3) is 11.0 Å². The largest absolute Gasteiger partial charge is 0.465 e. The average Bonchev–Trinajstić information content (AvgIpc) is 3.16. The van der Waals surface area contributed by atoms with Crippen LogP contribution in [0.2, 0.25) is 0 Å². The Labute approximate surface area is 179 Å². The van der Waals surface area contributed by atoms with Gasteiger partial charge in [0, 0.05) is 5.69 Å². The lowest BCUT2D eigenvalue weighted by molar-refractivity contribution is 0.0601. The Balaban J connectivity index is 0.000000310. The van der Waals surface area contributed by atoms with Gasteiger partial charge in [0.2, 0.25) is 5.95 Å². The molecular weight excluding hydrogens is 374 g/mol. The van der Waals surface area contributed by atoms with Crippen LogP contribution in [0, 0.1) is 5.92 Å². The minimum Gasteiger partial charge on any atom is -0.465 e. The second kappa shape index (κ2) is 10.3. The monoisotopic (exact) mass is 407 g/mol. The first-order valence-corrected chi connectivity index (χ1v) is 10.9. The predicted molar refractivity (Wildman–Crippen MR) is 123 cm³/mol. The van der Waals surface area contributed by atoms with E-state index < -0.39 is 0 Å². The molecule has 2 N–H and O–H groups in total. The van der Waals surface area contributed by atoms with Gasteiger partial charge in [-0.3, -0.25) is 0 Å². The molecule has 1 saturated carbocycles. The van der Waals surface area contributed by atoms with Gasteiger partial charge >= 0.3 is 5.97 Å². The molecule has 1 aliphatic carbocycles. The molecule has 1 heterocycles. The molecule has 1 aliphatic rings. The van der Waals surface area contributed by atoms with E-state index in [-0.39, 0.29) is 5.97 Å². The zero-order valence-corrected chi connectivity index (χ0v) is 18.5. The standard InChI is InChI=1S/C18H19N3O2.C7H14/c1-11(2)12-4-7-14(8-5-12)19-18-20-15-9-6-13(17(22)23-3)10-16(15)21-18;1-7-5-3-2-4-6-7/h4-11H,1-3H3,(H2,19,20,21);7H,2-6H2,1H3. The Morgan fingerprint density at radius 3 is 2.37 bits per heavy atom. The maximum Gasteiger partial charge on any atom is 0.337 e. The van der Waals surface area contributed by atoms with Gasteiger partial charge in [-0.2, -0.15) is 0 Å². The summed E-state index contributed by atoms with van der Waals surface area (Å²) >= 11 is 0. The van der Waals surface area contributed by atoms with E-state index in [1.165, 1.54) is 44.8 Å². The number of H-pyrrole nitrogens is 1. The number of fused-ring (bicyclic) bond motifs is 1. The first-order valence-electron chi connectivity index (χ1n) is 10.9. The fourth-order valence-corrected chi connectivity index (χ4v) is 3.71. The molecule has 0 unspecified atom stereocenters. The summed E-state index contributed by atoms with van der Waals surface area (Å²) in [6.45, 7) is 6.69. The molecule has 4 rings (SSSR count). The van der Waals surface area contributed by atoms with E-state index in [1.807, 2.05) is 12.1 Å². The fourth-order valence-electron chi connectivity index (χ4n) is 3.71. The number of aromatic amines is 1. The molecule has 5 heteroatoms. The van der Waals surface area contributed by atoms with Crippen molar-refractivity contribution in [3.05, 3.63) is 53.6 Å². The minimum absolute atomic E-state index is 0.361. The number of hydrogen-bond donors (Lipinski definition) is 2. The van der Waals surface area contributed by atoms with Crippen LogP contribution in [0.1, 0.15) is 74.7 Å². The van der Waals surface area contributed by atoms with Crippen LogP contribution in [0.4, 0.5) is 11.6 Å². The molecule has 2 aromatic carbocycles. The summed E-state index contributed by atoms with van der Waals surface area (Å²) in [6, 6.07) is 13.5. The van der Waals surface area contributed by atoms with Crippen LogP contribution in [0.5, 0.6) is 0 Å². The van der Waals surface area contributed by atoms with E-state index in [1.54, 1.807) is 18.2 Å². The predicted octanol–water partition coefficient (Wildman–Crippen LogP) is 6.80. The number of anilines is 2. The molecule has 30 heavy (non-hydrogen) atoms. The minimum atomic E-state index is -0.361. The van der Waals surface area contributed by atoms with Crippen molar-refractivity contribution in [3.8, 4) is 0 Å². The van der Waals surface area contributed by atoms with E-state index in [4.69, 9.17) is 4.74 Å². The Kier molecular flexibility index (Phi) is 7.50. The molecule has 0 bridgehead atoms. The molecule has 0 saturated heterocycles. The van der Waals surface area contributed by atoms with Gasteiger partial charge in [-0.05, 0) is 47.7 Å². The lowest BCUT2D eigenvalue weighted by atomic mass is 9.91. The van der Waals surface area contributed by atoms with Crippen molar-refractivity contribution >= 4 is 28.6 Å². The normalized spacial score (nSPS) is 14.3. The van der Waals surface area contributed by atoms with Gasteiger partial charge in [0.25, 0.3) is 0 Å². The lowest BCUT2D eigenvalue weighted by Crippen LogP contribution is -2.00. The number of imidazole rings is 1. The topological polar surface area (TPSA) is 67.0 Å². The van der Waals surface area contributed by atoms with Gasteiger partial charge < -0.3 is 15.0 Å². The SMILES string of the molecule is CC1CCCCC1.COC(=O)c1ccc2nc(Nc3ccc(C(C)C)cc3)[nH]c2c1. The van der Waals surface area contributed by atoms with Gasteiger partial charge in [-0.15, -0.1) is 0 Å². The highest BCUT2D eigenvalue weighted by molar-refractivity contribution is 5.94. The van der Waals surface area contributed by atoms with Crippen molar-refractivity contribution in [3.63, 3.8) is 0 Å². The number of nitrogens with zero attached hydrogens (tertiary/aromatic N) is 1. The number of carbonyl (C=O) groups is 1. The summed E-state index contributed by atoms with van der Waals surface area (Å²) in [4.78, 5) is 19.2. The second-order valence-electron chi connectivity index (χ2n) is 8.45. The van der Waals surface area contributed by atoms with E-state index in [2.05, 4.69) is 48.2 Å². The molecule has 5 nitrogen and oxygen atoms in total. The smallest absolute Gasteiger partial charge is 0.337 e. The number of rotatable bonds is 4. The van der Waals surface area contributed by atoms with Gasteiger partial charge in [-0.25, -0.2) is 9.78 Å². The third-order valence-electron chi connectivity index (χ3n) is 5.64. The number of methoxy groups -OCH3 is 1. The summed E-state index contributed by atoms with van der Waals surface area (Å²) in [7, 11) is 1.37. The molecule has 160 valence electrons. The highest BCUT2D eigenvalue weighted by Crippen LogP contribution is 2.23. The van der Waals surface area contributed by atoms with Crippen LogP contribution in [-0.4, -0.2) is 23.0 Å². The summed E-state index contributed by atoms with van der Waals surface area (Å²) < 4.78 is 4.73. The number of aromatic nitrogens is 2. The molecule has 1 aromatic heterocycles. The highest BCUT2D eigenvalue weighted by atomic mass is 16.5. The van der Waals surface area contributed by atoms with Crippen molar-refractivity contribution in [2.45, 2.75) is 58.8 Å². The number of hydrogen-bond acceptors (Lipinski definition) is 4. The summed E-state index contributed by atoms with van der Waals surface area (Å²) in [5, 5.41) is 3.24. The maximum absolute atomic E-state index is 11.6. The van der Waals surface area contributed by atoms with Gasteiger partial charge in [-0.1, -0.05) is 65.0 Å². The van der Waals surface area contributed by atoms with Crippen LogP contribution >= 0.6 is 0 Å². The zero-order chi connectivity index (χ0) is 21.5. The van der Waals surface area contributed by atoms with Crippen molar-refractivity contribution in [1.29, 1.82) is 0 Å². The first-order chi connectivity index (χ1) is 14.5. The molecule has 0 spiro atoms. The molecule has 0 atom stereocenters. The second-order valence-corrected chi connectivity index (χ2v) is 8.45. The number of ether oxygens (including phenoxy) is 1. The van der Waals surface area contributed by atoms with E-state index in [0.29, 0.717) is 17.4 Å². The molecule has 0 radical (unpaired) electrons. The van der Waals surface area contributed by atoms with Gasteiger partial charge in [0.05, 0.1) is 23.7 Å². The Bertz CT molecular complexity index is 954. The van der Waals surface area contributed by atoms with Crippen molar-refractivity contribution < 1.29 is 9.53 Å². The number of esters is 1. The van der Waals surface area contributed by atoms with Gasteiger partial charge in [0.1, 0.15) is 0 Å². The van der Waals surface area contributed by atoms with Crippen LogP contribution in [-0.2, 0) is 4.74 Å². The maximum atomic E-state index is 11.6. The van der Waals surface area contributed by atoms with Crippen molar-refractivity contribution in [2.24, 2.45) is 5.92 Å². The average molecular weight is 408 g/mol. The third kappa shape index (κ3) is 5.85. The highest BCUT2D eigenvalue weighted by Gasteiger charge is 2.09. The Hall–Kier alpha value is -2.82. The van der Waals surface area contributed by atoms with E-state index in [9.17, 15) is 4.79 Å². The summed E-state index contributed by atoms with van der Waals surface area (Å²) in [5.74, 6) is 1.82.